The third kappa shape index (κ3) is 6.84. The molecule has 4 aromatic rings. The minimum atomic E-state index is -0.292. The standard InChI is InChI=1S/C31H31BrN4O4/c1-5-7-22-15-21(16-27(39-4)30(22)40-19-29(37)34-24-12-9-20(3)10-13-24)18-33-36-28(8-6-2)35-26-14-11-23(32)17-25(26)31(36)38/h5,9-18H,1,6-8,19H2,2-4H3,(H,34,37). The largest absolute Gasteiger partial charge is 0.493 e. The average molecular weight is 604 g/mol. The van der Waals surface area contributed by atoms with Gasteiger partial charge in [0.05, 0.1) is 24.2 Å². The Morgan fingerprint density at radius 2 is 1.95 bits per heavy atom. The highest BCUT2D eigenvalue weighted by Gasteiger charge is 2.15. The van der Waals surface area contributed by atoms with Gasteiger partial charge in [-0.05, 0) is 67.8 Å². The molecule has 0 saturated carbocycles. The summed E-state index contributed by atoms with van der Waals surface area (Å²) in [5, 5.41) is 7.83. The van der Waals surface area contributed by atoms with Crippen LogP contribution in [0.4, 0.5) is 5.69 Å². The van der Waals surface area contributed by atoms with Crippen LogP contribution in [0.2, 0.25) is 0 Å². The van der Waals surface area contributed by atoms with Gasteiger partial charge in [0.1, 0.15) is 5.82 Å². The SMILES string of the molecule is C=CCc1cc(C=Nn2c(CCC)nc3ccc(Br)cc3c2=O)cc(OC)c1OCC(=O)Nc1ccc(C)cc1. The molecule has 0 unspecified atom stereocenters. The third-order valence-electron chi connectivity index (χ3n) is 6.09. The fraction of sp³-hybridized carbons (Fsp3) is 0.226. The molecule has 206 valence electrons. The smallest absolute Gasteiger partial charge is 0.282 e. The van der Waals surface area contributed by atoms with Crippen molar-refractivity contribution in [3.05, 3.63) is 105 Å². The first-order chi connectivity index (χ1) is 19.3. The molecule has 0 spiro atoms. The Morgan fingerprint density at radius 3 is 2.65 bits per heavy atom. The summed E-state index contributed by atoms with van der Waals surface area (Å²) in [6.45, 7) is 7.66. The topological polar surface area (TPSA) is 94.8 Å². The summed E-state index contributed by atoms with van der Waals surface area (Å²) in [6.07, 6.45) is 5.21. The van der Waals surface area contributed by atoms with Crippen molar-refractivity contribution in [2.45, 2.75) is 33.1 Å². The normalized spacial score (nSPS) is 11.1. The molecule has 0 bridgehead atoms. The lowest BCUT2D eigenvalue weighted by Gasteiger charge is -2.16. The number of anilines is 1. The van der Waals surface area contributed by atoms with Gasteiger partial charge in [0.2, 0.25) is 0 Å². The minimum absolute atomic E-state index is 0.199. The van der Waals surface area contributed by atoms with Gasteiger partial charge in [-0.2, -0.15) is 9.78 Å². The molecule has 0 atom stereocenters. The summed E-state index contributed by atoms with van der Waals surface area (Å²) in [4.78, 5) is 30.6. The van der Waals surface area contributed by atoms with E-state index in [0.717, 1.165) is 22.0 Å². The van der Waals surface area contributed by atoms with Crippen molar-refractivity contribution in [2.75, 3.05) is 19.0 Å². The first-order valence-corrected chi connectivity index (χ1v) is 13.7. The lowest BCUT2D eigenvalue weighted by atomic mass is 10.1. The van der Waals surface area contributed by atoms with Gasteiger partial charge in [-0.15, -0.1) is 6.58 Å². The molecule has 4 rings (SSSR count). The molecular weight excluding hydrogens is 572 g/mol. The van der Waals surface area contributed by atoms with Gasteiger partial charge in [-0.1, -0.05) is 46.6 Å². The fourth-order valence-corrected chi connectivity index (χ4v) is 4.54. The van der Waals surface area contributed by atoms with Crippen LogP contribution >= 0.6 is 15.9 Å². The molecule has 8 nitrogen and oxygen atoms in total. The Bertz CT molecular complexity index is 1630. The Morgan fingerprint density at radius 1 is 1.18 bits per heavy atom. The van der Waals surface area contributed by atoms with E-state index in [-0.39, 0.29) is 18.1 Å². The van der Waals surface area contributed by atoms with Crippen molar-refractivity contribution in [1.29, 1.82) is 0 Å². The highest BCUT2D eigenvalue weighted by Crippen LogP contribution is 2.33. The maximum atomic E-state index is 13.3. The molecule has 1 aromatic heterocycles. The van der Waals surface area contributed by atoms with Gasteiger partial charge in [0.15, 0.2) is 18.1 Å². The summed E-state index contributed by atoms with van der Waals surface area (Å²) in [5.74, 6) is 1.17. The zero-order valence-corrected chi connectivity index (χ0v) is 24.3. The van der Waals surface area contributed by atoms with E-state index in [1.54, 1.807) is 24.4 Å². The minimum Gasteiger partial charge on any atom is -0.493 e. The van der Waals surface area contributed by atoms with Gasteiger partial charge in [-0.25, -0.2) is 4.98 Å². The first-order valence-electron chi connectivity index (χ1n) is 12.9. The third-order valence-corrected chi connectivity index (χ3v) is 6.59. The van der Waals surface area contributed by atoms with Crippen LogP contribution in [0.25, 0.3) is 10.9 Å². The second-order valence-corrected chi connectivity index (χ2v) is 10.1. The molecule has 0 fully saturated rings. The van der Waals surface area contributed by atoms with Crippen molar-refractivity contribution in [1.82, 2.24) is 9.66 Å². The molecule has 9 heteroatoms. The maximum absolute atomic E-state index is 13.3. The molecule has 1 amide bonds. The Balaban J connectivity index is 1.63. The van der Waals surface area contributed by atoms with Gasteiger partial charge in [0.25, 0.3) is 11.5 Å². The quantitative estimate of drug-likeness (QED) is 0.166. The second kappa shape index (κ2) is 13.2. The summed E-state index contributed by atoms with van der Waals surface area (Å²) in [6, 6.07) is 16.6. The van der Waals surface area contributed by atoms with E-state index in [1.807, 2.05) is 56.3 Å². The lowest BCUT2D eigenvalue weighted by Crippen LogP contribution is -2.22. The number of hydrogen-bond acceptors (Lipinski definition) is 6. The number of nitrogens with zero attached hydrogens (tertiary/aromatic N) is 3. The van der Waals surface area contributed by atoms with Gasteiger partial charge in [-0.3, -0.25) is 9.59 Å². The molecule has 3 aromatic carbocycles. The number of hydrogen-bond donors (Lipinski definition) is 1. The molecule has 0 radical (unpaired) electrons. The Hall–Kier alpha value is -4.24. The van der Waals surface area contributed by atoms with Crippen LogP contribution in [0.15, 0.2) is 81.6 Å². The number of ether oxygens (including phenoxy) is 2. The molecule has 0 aliphatic carbocycles. The number of rotatable bonds is 11. The van der Waals surface area contributed by atoms with Crippen LogP contribution in [0.3, 0.4) is 0 Å². The number of aromatic nitrogens is 2. The molecule has 0 aliphatic rings. The monoisotopic (exact) mass is 602 g/mol. The number of amides is 1. The van der Waals surface area contributed by atoms with Crippen molar-refractivity contribution in [3.8, 4) is 11.5 Å². The molecule has 40 heavy (non-hydrogen) atoms. The number of carbonyl (C=O) groups is 1. The Labute approximate surface area is 241 Å². The number of allylic oxidation sites excluding steroid dienone is 1. The fourth-order valence-electron chi connectivity index (χ4n) is 4.18. The van der Waals surface area contributed by atoms with E-state index >= 15 is 0 Å². The molecule has 0 aliphatic heterocycles. The summed E-state index contributed by atoms with van der Waals surface area (Å²) < 4.78 is 13.7. The summed E-state index contributed by atoms with van der Waals surface area (Å²) >= 11 is 3.43. The van der Waals surface area contributed by atoms with Crippen LogP contribution in [-0.2, 0) is 17.6 Å². The van der Waals surface area contributed by atoms with Crippen LogP contribution in [-0.4, -0.2) is 35.5 Å². The number of aryl methyl sites for hydroxylation is 2. The van der Waals surface area contributed by atoms with Crippen LogP contribution in [0.5, 0.6) is 11.5 Å². The molecular formula is C31H31BrN4O4. The van der Waals surface area contributed by atoms with Crippen molar-refractivity contribution < 1.29 is 14.3 Å². The number of fused-ring (bicyclic) bond motifs is 1. The maximum Gasteiger partial charge on any atom is 0.282 e. The van der Waals surface area contributed by atoms with Crippen LogP contribution in [0, 0.1) is 6.92 Å². The van der Waals surface area contributed by atoms with Crippen LogP contribution in [0.1, 0.15) is 35.9 Å². The van der Waals surface area contributed by atoms with Crippen molar-refractivity contribution >= 4 is 44.6 Å². The number of methoxy groups -OCH3 is 1. The van der Waals surface area contributed by atoms with Crippen LogP contribution < -0.4 is 20.3 Å². The van der Waals surface area contributed by atoms with Gasteiger partial charge in [0, 0.05) is 22.1 Å². The van der Waals surface area contributed by atoms with Crippen molar-refractivity contribution in [3.63, 3.8) is 0 Å². The van der Waals surface area contributed by atoms with E-state index in [1.165, 1.54) is 11.8 Å². The summed E-state index contributed by atoms with van der Waals surface area (Å²) in [5.41, 5.74) is 3.63. The average Bonchev–Trinajstić information content (AvgIpc) is 2.94. The van der Waals surface area contributed by atoms with Gasteiger partial charge >= 0.3 is 0 Å². The Kier molecular flexibility index (Phi) is 9.50. The summed E-state index contributed by atoms with van der Waals surface area (Å²) in [7, 11) is 1.53. The van der Waals surface area contributed by atoms with E-state index in [2.05, 4.69) is 37.9 Å². The number of benzene rings is 3. The number of carbonyl (C=O) groups excluding carboxylic acids is 1. The lowest BCUT2D eigenvalue weighted by molar-refractivity contribution is -0.118. The second-order valence-electron chi connectivity index (χ2n) is 9.21. The molecule has 1 heterocycles. The highest BCUT2D eigenvalue weighted by atomic mass is 79.9. The van der Waals surface area contributed by atoms with E-state index in [4.69, 9.17) is 9.47 Å². The molecule has 1 N–H and O–H groups in total. The van der Waals surface area contributed by atoms with E-state index in [9.17, 15) is 9.59 Å². The van der Waals surface area contributed by atoms with E-state index < -0.39 is 0 Å². The number of halogens is 1. The van der Waals surface area contributed by atoms with E-state index in [0.29, 0.717) is 52.3 Å². The highest BCUT2D eigenvalue weighted by molar-refractivity contribution is 9.10. The molecule has 0 saturated heterocycles. The van der Waals surface area contributed by atoms with Gasteiger partial charge < -0.3 is 14.8 Å². The first kappa shape index (κ1) is 28.8. The zero-order valence-electron chi connectivity index (χ0n) is 22.7. The number of nitrogens with one attached hydrogen (secondary N) is 1. The zero-order chi connectivity index (χ0) is 28.6. The van der Waals surface area contributed by atoms with Crippen molar-refractivity contribution in [2.24, 2.45) is 5.10 Å². The predicted octanol–water partition coefficient (Wildman–Crippen LogP) is 6.06. The predicted molar refractivity (Wildman–Crippen MR) is 163 cm³/mol.